The van der Waals surface area contributed by atoms with Gasteiger partial charge in [0, 0.05) is 22.7 Å². The summed E-state index contributed by atoms with van der Waals surface area (Å²) < 4.78 is 1.02. The molecule has 2 aromatic rings. The molecule has 4 N–H and O–H groups in total. The van der Waals surface area contributed by atoms with Crippen LogP contribution in [0.1, 0.15) is 35.5 Å². The average molecular weight is 306 g/mol. The van der Waals surface area contributed by atoms with E-state index in [2.05, 4.69) is 5.32 Å². The number of hydrogen-bond acceptors (Lipinski definition) is 4. The lowest BCUT2D eigenvalue weighted by Gasteiger charge is -2.21. The van der Waals surface area contributed by atoms with Gasteiger partial charge in [-0.05, 0) is 31.4 Å². The van der Waals surface area contributed by atoms with Gasteiger partial charge in [-0.15, -0.1) is 11.3 Å². The number of hydrogen-bond donors (Lipinski definition) is 3. The zero-order valence-corrected chi connectivity index (χ0v) is 13.5. The Morgan fingerprint density at radius 2 is 2.14 bits per heavy atom. The van der Waals surface area contributed by atoms with Crippen molar-refractivity contribution in [3.63, 3.8) is 0 Å². The highest BCUT2D eigenvalue weighted by atomic mass is 32.1. The van der Waals surface area contributed by atoms with E-state index in [0.717, 1.165) is 15.6 Å². The van der Waals surface area contributed by atoms with Crippen molar-refractivity contribution in [3.05, 3.63) is 28.6 Å². The Morgan fingerprint density at radius 3 is 2.76 bits per heavy atom. The summed E-state index contributed by atoms with van der Waals surface area (Å²) in [6, 6.07) is 5.97. The molecule has 0 fully saturated rings. The lowest BCUT2D eigenvalue weighted by atomic mass is 10.0. The largest absolute Gasteiger partial charge is 0.397 e. The lowest BCUT2D eigenvalue weighted by Crippen LogP contribution is -2.39. The van der Waals surface area contributed by atoms with Gasteiger partial charge >= 0.3 is 0 Å². The SMILES string of the molecule is Cc1ccc2sc(C(=O)NC(CCO)C(C)C)c(N)c2c1. The molecule has 0 aliphatic heterocycles. The van der Waals surface area contributed by atoms with Crippen molar-refractivity contribution in [1.29, 1.82) is 0 Å². The van der Waals surface area contributed by atoms with Crippen LogP contribution in [-0.2, 0) is 0 Å². The van der Waals surface area contributed by atoms with Crippen molar-refractivity contribution < 1.29 is 9.90 Å². The second-order valence-electron chi connectivity index (χ2n) is 5.68. The topological polar surface area (TPSA) is 75.3 Å². The number of amides is 1. The molecule has 0 bridgehead atoms. The van der Waals surface area contributed by atoms with Gasteiger partial charge in [0.2, 0.25) is 0 Å². The van der Waals surface area contributed by atoms with Crippen LogP contribution in [0.5, 0.6) is 0 Å². The fourth-order valence-corrected chi connectivity index (χ4v) is 3.35. The highest BCUT2D eigenvalue weighted by molar-refractivity contribution is 7.21. The maximum absolute atomic E-state index is 12.4. The zero-order valence-electron chi connectivity index (χ0n) is 12.6. The minimum Gasteiger partial charge on any atom is -0.397 e. The maximum atomic E-state index is 12.4. The molecule has 1 amide bonds. The summed E-state index contributed by atoms with van der Waals surface area (Å²) in [4.78, 5) is 13.0. The molecular formula is C16H22N2O2S. The van der Waals surface area contributed by atoms with E-state index in [9.17, 15) is 4.79 Å². The van der Waals surface area contributed by atoms with Crippen LogP contribution in [0.2, 0.25) is 0 Å². The summed E-state index contributed by atoms with van der Waals surface area (Å²) in [7, 11) is 0. The highest BCUT2D eigenvalue weighted by Crippen LogP contribution is 2.34. The van der Waals surface area contributed by atoms with Crippen LogP contribution in [-0.4, -0.2) is 23.7 Å². The number of aliphatic hydroxyl groups is 1. The predicted molar refractivity (Wildman–Crippen MR) is 88.8 cm³/mol. The molecule has 1 atom stereocenters. The Kier molecular flexibility index (Phi) is 4.85. The van der Waals surface area contributed by atoms with Gasteiger partial charge < -0.3 is 16.2 Å². The number of thiophene rings is 1. The molecule has 0 saturated carbocycles. The van der Waals surface area contributed by atoms with Crippen molar-refractivity contribution in [1.82, 2.24) is 5.32 Å². The monoisotopic (exact) mass is 306 g/mol. The van der Waals surface area contributed by atoms with E-state index < -0.39 is 0 Å². The summed E-state index contributed by atoms with van der Waals surface area (Å²) in [5.41, 5.74) is 7.80. The van der Waals surface area contributed by atoms with Crippen LogP contribution < -0.4 is 11.1 Å². The number of rotatable bonds is 5. The Balaban J connectivity index is 2.29. The van der Waals surface area contributed by atoms with E-state index in [4.69, 9.17) is 10.8 Å². The first-order valence-electron chi connectivity index (χ1n) is 7.14. The van der Waals surface area contributed by atoms with Crippen LogP contribution in [0.15, 0.2) is 18.2 Å². The third kappa shape index (κ3) is 3.36. The normalized spacial score (nSPS) is 12.8. The zero-order chi connectivity index (χ0) is 15.6. The molecule has 21 heavy (non-hydrogen) atoms. The minimum atomic E-state index is -0.154. The number of nitrogens with two attached hydrogens (primary N) is 1. The van der Waals surface area contributed by atoms with E-state index in [1.165, 1.54) is 11.3 Å². The van der Waals surface area contributed by atoms with Crippen LogP contribution in [0.4, 0.5) is 5.69 Å². The number of benzene rings is 1. The number of anilines is 1. The molecule has 1 aromatic heterocycles. The fourth-order valence-electron chi connectivity index (χ4n) is 2.34. The molecule has 0 radical (unpaired) electrons. The summed E-state index contributed by atoms with van der Waals surface area (Å²) >= 11 is 1.41. The minimum absolute atomic E-state index is 0.0474. The average Bonchev–Trinajstić information content (AvgIpc) is 2.75. The van der Waals surface area contributed by atoms with E-state index in [1.54, 1.807) is 0 Å². The standard InChI is InChI=1S/C16H22N2O2S/c1-9(2)12(6-7-19)18-16(20)15-14(17)11-8-10(3)4-5-13(11)21-15/h4-5,8-9,12,19H,6-7,17H2,1-3H3,(H,18,20). The van der Waals surface area contributed by atoms with Gasteiger partial charge in [-0.2, -0.15) is 0 Å². The molecule has 114 valence electrons. The molecule has 0 spiro atoms. The van der Waals surface area contributed by atoms with Crippen molar-refractivity contribution in [2.45, 2.75) is 33.2 Å². The van der Waals surface area contributed by atoms with Gasteiger partial charge in [0.15, 0.2) is 0 Å². The van der Waals surface area contributed by atoms with E-state index >= 15 is 0 Å². The van der Waals surface area contributed by atoms with Crippen molar-refractivity contribution in [3.8, 4) is 0 Å². The Morgan fingerprint density at radius 1 is 1.43 bits per heavy atom. The Hall–Kier alpha value is -1.59. The molecule has 4 nitrogen and oxygen atoms in total. The number of aliphatic hydroxyl groups excluding tert-OH is 1. The molecule has 2 rings (SSSR count). The van der Waals surface area contributed by atoms with Crippen molar-refractivity contribution in [2.24, 2.45) is 5.92 Å². The van der Waals surface area contributed by atoms with Crippen LogP contribution >= 0.6 is 11.3 Å². The summed E-state index contributed by atoms with van der Waals surface area (Å²) in [6.45, 7) is 6.12. The molecule has 1 unspecified atom stereocenters. The van der Waals surface area contributed by atoms with Gasteiger partial charge in [-0.3, -0.25) is 4.79 Å². The maximum Gasteiger partial charge on any atom is 0.263 e. The number of nitrogen functional groups attached to an aromatic ring is 1. The van der Waals surface area contributed by atoms with Gasteiger partial charge in [-0.1, -0.05) is 25.5 Å². The highest BCUT2D eigenvalue weighted by Gasteiger charge is 2.21. The van der Waals surface area contributed by atoms with Gasteiger partial charge in [0.1, 0.15) is 4.88 Å². The number of carbonyl (C=O) groups excluding carboxylic acids is 1. The van der Waals surface area contributed by atoms with Crippen molar-refractivity contribution >= 4 is 33.0 Å². The summed E-state index contributed by atoms with van der Waals surface area (Å²) in [5, 5.41) is 13.0. The number of nitrogens with one attached hydrogen (secondary N) is 1. The second-order valence-corrected chi connectivity index (χ2v) is 6.73. The quantitative estimate of drug-likeness (QED) is 0.795. The first-order chi connectivity index (χ1) is 9.93. The van der Waals surface area contributed by atoms with Gasteiger partial charge in [0.25, 0.3) is 5.91 Å². The summed E-state index contributed by atoms with van der Waals surface area (Å²) in [6.07, 6.45) is 0.549. The smallest absolute Gasteiger partial charge is 0.263 e. The molecular weight excluding hydrogens is 284 g/mol. The molecule has 0 aliphatic carbocycles. The van der Waals surface area contributed by atoms with Gasteiger partial charge in [0.05, 0.1) is 5.69 Å². The van der Waals surface area contributed by atoms with Crippen LogP contribution in [0.25, 0.3) is 10.1 Å². The molecule has 1 heterocycles. The first-order valence-corrected chi connectivity index (χ1v) is 7.96. The molecule has 5 heteroatoms. The van der Waals surface area contributed by atoms with Crippen LogP contribution in [0.3, 0.4) is 0 Å². The van der Waals surface area contributed by atoms with E-state index in [-0.39, 0.29) is 24.5 Å². The number of fused-ring (bicyclic) bond motifs is 1. The third-order valence-corrected chi connectivity index (χ3v) is 4.83. The Labute approximate surface area is 129 Å². The third-order valence-electron chi connectivity index (χ3n) is 3.65. The van der Waals surface area contributed by atoms with E-state index in [1.807, 2.05) is 39.0 Å². The van der Waals surface area contributed by atoms with Crippen molar-refractivity contribution in [2.75, 3.05) is 12.3 Å². The van der Waals surface area contributed by atoms with E-state index in [0.29, 0.717) is 17.0 Å². The number of aryl methyl sites for hydroxylation is 1. The number of carbonyl (C=O) groups is 1. The fraction of sp³-hybridized carbons (Fsp3) is 0.438. The molecule has 0 aliphatic rings. The Bertz CT molecular complexity index is 649. The lowest BCUT2D eigenvalue weighted by molar-refractivity contribution is 0.0921. The predicted octanol–water partition coefficient (Wildman–Crippen LogP) is 2.93. The van der Waals surface area contributed by atoms with Gasteiger partial charge in [-0.25, -0.2) is 0 Å². The second kappa shape index (κ2) is 6.45. The first kappa shape index (κ1) is 15.8. The molecule has 1 aromatic carbocycles. The molecule has 0 saturated heterocycles. The van der Waals surface area contributed by atoms with Crippen LogP contribution in [0, 0.1) is 12.8 Å². The summed E-state index contributed by atoms with van der Waals surface area (Å²) in [5.74, 6) is 0.109.